The molecule has 1 heterocycles. The lowest BCUT2D eigenvalue weighted by Gasteiger charge is -2.28. The number of rotatable bonds is 5. The van der Waals surface area contributed by atoms with Crippen molar-refractivity contribution < 1.29 is 4.74 Å². The number of aryl methyl sites for hydroxylation is 1. The molecule has 2 unspecified atom stereocenters. The molecule has 0 radical (unpaired) electrons. The molecule has 0 aromatic carbocycles. The summed E-state index contributed by atoms with van der Waals surface area (Å²) in [6.45, 7) is 8.82. The molecule has 0 aliphatic carbocycles. The molecule has 0 bridgehead atoms. The highest BCUT2D eigenvalue weighted by atomic mass is 16.5. The van der Waals surface area contributed by atoms with Crippen LogP contribution in [0.25, 0.3) is 0 Å². The fourth-order valence-corrected chi connectivity index (χ4v) is 2.09. The van der Waals surface area contributed by atoms with Gasteiger partial charge < -0.3 is 16.2 Å². The highest BCUT2D eigenvalue weighted by molar-refractivity contribution is 5.46. The van der Waals surface area contributed by atoms with E-state index in [-0.39, 0.29) is 12.1 Å². The highest BCUT2D eigenvalue weighted by Crippen LogP contribution is 2.28. The molecule has 2 atom stereocenters. The maximum absolute atomic E-state index is 6.28. The lowest BCUT2D eigenvalue weighted by atomic mass is 9.92. The summed E-state index contributed by atoms with van der Waals surface area (Å²) in [6.07, 6.45) is 1.66. The first-order valence-electron chi connectivity index (χ1n) is 6.07. The molecular weight excluding hydrogens is 214 g/mol. The molecule has 0 amide bonds. The maximum atomic E-state index is 6.28. The maximum Gasteiger partial charge on any atom is 0.128 e. The SMILES string of the molecule is CCOC(C(C)C)C(N)c1c(C)ccnc1N. The van der Waals surface area contributed by atoms with Gasteiger partial charge in [0.25, 0.3) is 0 Å². The molecule has 0 saturated heterocycles. The van der Waals surface area contributed by atoms with E-state index >= 15 is 0 Å². The summed E-state index contributed by atoms with van der Waals surface area (Å²) in [6, 6.07) is 1.69. The van der Waals surface area contributed by atoms with Gasteiger partial charge in [-0.2, -0.15) is 0 Å². The van der Waals surface area contributed by atoms with Gasteiger partial charge in [0.15, 0.2) is 0 Å². The Bertz CT molecular complexity index is 345. The summed E-state index contributed by atoms with van der Waals surface area (Å²) in [4.78, 5) is 4.11. The second-order valence-corrected chi connectivity index (χ2v) is 4.62. The smallest absolute Gasteiger partial charge is 0.128 e. The van der Waals surface area contributed by atoms with Crippen LogP contribution in [0.1, 0.15) is 37.9 Å². The van der Waals surface area contributed by atoms with E-state index in [1.54, 1.807) is 6.20 Å². The molecule has 0 spiro atoms. The second kappa shape index (κ2) is 5.98. The number of aromatic nitrogens is 1. The van der Waals surface area contributed by atoms with Gasteiger partial charge in [0.2, 0.25) is 0 Å². The molecular formula is C13H23N3O. The molecule has 4 heteroatoms. The fraction of sp³-hybridized carbons (Fsp3) is 0.615. The van der Waals surface area contributed by atoms with Crippen LogP contribution in [-0.4, -0.2) is 17.7 Å². The van der Waals surface area contributed by atoms with E-state index in [4.69, 9.17) is 16.2 Å². The summed E-state index contributed by atoms with van der Waals surface area (Å²) >= 11 is 0. The van der Waals surface area contributed by atoms with Crippen molar-refractivity contribution in [2.45, 2.75) is 39.8 Å². The number of nitrogen functional groups attached to an aromatic ring is 1. The largest absolute Gasteiger partial charge is 0.383 e. The molecule has 0 aliphatic rings. The van der Waals surface area contributed by atoms with Crippen molar-refractivity contribution in [3.63, 3.8) is 0 Å². The van der Waals surface area contributed by atoms with E-state index in [0.29, 0.717) is 18.3 Å². The number of pyridine rings is 1. The minimum atomic E-state index is -0.233. The monoisotopic (exact) mass is 237 g/mol. The van der Waals surface area contributed by atoms with Crippen LogP contribution in [0.15, 0.2) is 12.3 Å². The Balaban J connectivity index is 3.04. The van der Waals surface area contributed by atoms with Crippen molar-refractivity contribution in [1.82, 2.24) is 4.98 Å². The van der Waals surface area contributed by atoms with Gasteiger partial charge in [-0.25, -0.2) is 4.98 Å². The average Bonchev–Trinajstić information content (AvgIpc) is 2.24. The number of anilines is 1. The van der Waals surface area contributed by atoms with Crippen LogP contribution in [0, 0.1) is 12.8 Å². The van der Waals surface area contributed by atoms with Crippen molar-refractivity contribution in [3.05, 3.63) is 23.4 Å². The van der Waals surface area contributed by atoms with Crippen LogP contribution in [0.3, 0.4) is 0 Å². The zero-order chi connectivity index (χ0) is 13.0. The van der Waals surface area contributed by atoms with E-state index in [1.807, 2.05) is 19.9 Å². The summed E-state index contributed by atoms with van der Waals surface area (Å²) < 4.78 is 5.72. The number of nitrogens with zero attached hydrogens (tertiary/aromatic N) is 1. The van der Waals surface area contributed by atoms with E-state index in [9.17, 15) is 0 Å². The second-order valence-electron chi connectivity index (χ2n) is 4.62. The van der Waals surface area contributed by atoms with Crippen LogP contribution >= 0.6 is 0 Å². The fourth-order valence-electron chi connectivity index (χ4n) is 2.09. The van der Waals surface area contributed by atoms with Gasteiger partial charge in [-0.1, -0.05) is 13.8 Å². The Hall–Kier alpha value is -1.13. The van der Waals surface area contributed by atoms with Crippen LogP contribution in [0.4, 0.5) is 5.82 Å². The minimum absolute atomic E-state index is 0.0369. The van der Waals surface area contributed by atoms with Crippen LogP contribution < -0.4 is 11.5 Å². The lowest BCUT2D eigenvalue weighted by Crippen LogP contribution is -2.34. The van der Waals surface area contributed by atoms with Gasteiger partial charge in [0.05, 0.1) is 12.1 Å². The van der Waals surface area contributed by atoms with E-state index in [0.717, 1.165) is 11.1 Å². The van der Waals surface area contributed by atoms with E-state index < -0.39 is 0 Å². The topological polar surface area (TPSA) is 74.2 Å². The molecule has 17 heavy (non-hydrogen) atoms. The number of hydrogen-bond donors (Lipinski definition) is 2. The van der Waals surface area contributed by atoms with Crippen molar-refractivity contribution in [2.24, 2.45) is 11.7 Å². The van der Waals surface area contributed by atoms with Crippen molar-refractivity contribution in [1.29, 1.82) is 0 Å². The predicted octanol–water partition coefficient (Wildman–Crippen LogP) is 2.03. The van der Waals surface area contributed by atoms with Crippen molar-refractivity contribution >= 4 is 5.82 Å². The molecule has 4 nitrogen and oxygen atoms in total. The number of nitrogens with two attached hydrogens (primary N) is 2. The first-order valence-corrected chi connectivity index (χ1v) is 6.07. The van der Waals surface area contributed by atoms with Gasteiger partial charge in [-0.05, 0) is 31.4 Å². The van der Waals surface area contributed by atoms with Crippen LogP contribution in [-0.2, 0) is 4.74 Å². The van der Waals surface area contributed by atoms with Crippen molar-refractivity contribution in [3.8, 4) is 0 Å². The quantitative estimate of drug-likeness (QED) is 0.821. The zero-order valence-corrected chi connectivity index (χ0v) is 11.1. The summed E-state index contributed by atoms with van der Waals surface area (Å²) in [7, 11) is 0. The van der Waals surface area contributed by atoms with E-state index in [1.165, 1.54) is 0 Å². The number of ether oxygens (including phenoxy) is 1. The minimum Gasteiger partial charge on any atom is -0.383 e. The highest BCUT2D eigenvalue weighted by Gasteiger charge is 2.26. The normalized spacial score (nSPS) is 14.9. The average molecular weight is 237 g/mol. The Kier molecular flexibility index (Phi) is 4.90. The Morgan fingerprint density at radius 2 is 2.06 bits per heavy atom. The first-order chi connectivity index (χ1) is 7.99. The van der Waals surface area contributed by atoms with E-state index in [2.05, 4.69) is 18.8 Å². The molecule has 0 saturated carbocycles. The standard InChI is InChI=1S/C13H23N3O/c1-5-17-12(8(2)3)11(14)10-9(4)6-7-16-13(10)15/h6-8,11-12H,5,14H2,1-4H3,(H2,15,16). The Labute approximate surface area is 103 Å². The molecule has 1 rings (SSSR count). The van der Waals surface area contributed by atoms with Gasteiger partial charge in [0.1, 0.15) is 5.82 Å². The van der Waals surface area contributed by atoms with Crippen molar-refractivity contribution in [2.75, 3.05) is 12.3 Å². The summed E-state index contributed by atoms with van der Waals surface area (Å²) in [5.74, 6) is 0.840. The lowest BCUT2D eigenvalue weighted by molar-refractivity contribution is 0.0121. The van der Waals surface area contributed by atoms with Crippen LogP contribution in [0.5, 0.6) is 0 Å². The van der Waals surface area contributed by atoms with Gasteiger partial charge in [-0.3, -0.25) is 0 Å². The zero-order valence-electron chi connectivity index (χ0n) is 11.1. The molecule has 0 fully saturated rings. The van der Waals surface area contributed by atoms with Gasteiger partial charge in [0, 0.05) is 18.4 Å². The first kappa shape index (κ1) is 13.9. The summed E-state index contributed by atoms with van der Waals surface area (Å²) in [5.41, 5.74) is 14.2. The summed E-state index contributed by atoms with van der Waals surface area (Å²) in [5, 5.41) is 0. The third-order valence-electron chi connectivity index (χ3n) is 2.94. The Morgan fingerprint density at radius 1 is 1.41 bits per heavy atom. The molecule has 0 aliphatic heterocycles. The van der Waals surface area contributed by atoms with Crippen LogP contribution in [0.2, 0.25) is 0 Å². The third-order valence-corrected chi connectivity index (χ3v) is 2.94. The molecule has 4 N–H and O–H groups in total. The van der Waals surface area contributed by atoms with Gasteiger partial charge in [-0.15, -0.1) is 0 Å². The molecule has 96 valence electrons. The van der Waals surface area contributed by atoms with Gasteiger partial charge >= 0.3 is 0 Å². The predicted molar refractivity (Wildman–Crippen MR) is 70.6 cm³/mol. The molecule has 1 aromatic rings. The molecule has 1 aromatic heterocycles. The Morgan fingerprint density at radius 3 is 2.53 bits per heavy atom. The number of hydrogen-bond acceptors (Lipinski definition) is 4. The third kappa shape index (κ3) is 3.17.